The first-order chi connectivity index (χ1) is 14.2. The van der Waals surface area contributed by atoms with Gasteiger partial charge in [0.05, 0.1) is 6.54 Å². The largest absolute Gasteiger partial charge is 0.479 e. The number of nitrogens with one attached hydrogen (secondary N) is 2. The number of amides is 2. The highest BCUT2D eigenvalue weighted by Gasteiger charge is 2.32. The van der Waals surface area contributed by atoms with E-state index in [1.807, 2.05) is 48.5 Å². The van der Waals surface area contributed by atoms with Crippen molar-refractivity contribution in [3.8, 4) is 11.1 Å². The standard InChI is InChI=1S/C22H24N2O6/c1-13(19(25)23-12-22(2,29)20(26)27)24-21(28)30-11-18-16-9-5-3-7-14(16)15-8-4-6-10-17(15)18/h3-10,13,18,29H,11-12H2,1-2H3,(H,23,25)(H,24,28)(H,26,27)/t13-,22?/m0/s1. The van der Waals surface area contributed by atoms with E-state index in [9.17, 15) is 19.5 Å². The first kappa shape index (κ1) is 21.3. The van der Waals surface area contributed by atoms with Gasteiger partial charge in [0.2, 0.25) is 5.91 Å². The summed E-state index contributed by atoms with van der Waals surface area (Å²) < 4.78 is 5.37. The van der Waals surface area contributed by atoms with Crippen LogP contribution in [0.1, 0.15) is 30.9 Å². The van der Waals surface area contributed by atoms with E-state index in [1.54, 1.807) is 0 Å². The molecule has 2 aromatic carbocycles. The fourth-order valence-electron chi connectivity index (χ4n) is 3.37. The van der Waals surface area contributed by atoms with Gasteiger partial charge in [-0.1, -0.05) is 48.5 Å². The zero-order chi connectivity index (χ0) is 21.9. The van der Waals surface area contributed by atoms with Crippen LogP contribution in [-0.4, -0.2) is 53.0 Å². The molecule has 0 aliphatic heterocycles. The molecule has 8 nitrogen and oxygen atoms in total. The summed E-state index contributed by atoms with van der Waals surface area (Å²) in [6, 6.07) is 14.9. The average Bonchev–Trinajstić information content (AvgIpc) is 3.04. The number of hydrogen-bond acceptors (Lipinski definition) is 5. The van der Waals surface area contributed by atoms with Crippen LogP contribution in [0.4, 0.5) is 4.79 Å². The fourth-order valence-corrected chi connectivity index (χ4v) is 3.37. The van der Waals surface area contributed by atoms with Crippen LogP contribution in [0.2, 0.25) is 0 Å². The summed E-state index contributed by atoms with van der Waals surface area (Å²) in [6.07, 6.45) is -0.760. The van der Waals surface area contributed by atoms with E-state index in [-0.39, 0.29) is 12.5 Å². The summed E-state index contributed by atoms with van der Waals surface area (Å²) in [4.78, 5) is 35.1. The first-order valence-corrected chi connectivity index (χ1v) is 9.55. The summed E-state index contributed by atoms with van der Waals surface area (Å²) in [5, 5.41) is 23.2. The van der Waals surface area contributed by atoms with E-state index in [2.05, 4.69) is 10.6 Å². The van der Waals surface area contributed by atoms with E-state index in [0.717, 1.165) is 29.2 Å². The minimum Gasteiger partial charge on any atom is -0.479 e. The third-order valence-corrected chi connectivity index (χ3v) is 5.14. The molecule has 4 N–H and O–H groups in total. The molecule has 2 amide bonds. The predicted molar refractivity (Wildman–Crippen MR) is 109 cm³/mol. The SMILES string of the molecule is C[C@H](NC(=O)OCC1c2ccccc2-c2ccccc21)C(=O)NCC(C)(O)C(=O)O. The Balaban J connectivity index is 1.56. The molecule has 2 atom stereocenters. The zero-order valence-electron chi connectivity index (χ0n) is 16.7. The van der Waals surface area contributed by atoms with Crippen LogP contribution >= 0.6 is 0 Å². The number of fused-ring (bicyclic) bond motifs is 3. The van der Waals surface area contributed by atoms with Gasteiger partial charge in [-0.15, -0.1) is 0 Å². The Morgan fingerprint density at radius 2 is 1.60 bits per heavy atom. The van der Waals surface area contributed by atoms with Crippen molar-refractivity contribution in [3.05, 3.63) is 59.7 Å². The number of hydrogen-bond donors (Lipinski definition) is 4. The Kier molecular flexibility index (Phi) is 6.07. The molecule has 8 heteroatoms. The minimum absolute atomic E-state index is 0.0991. The smallest absolute Gasteiger partial charge is 0.407 e. The topological polar surface area (TPSA) is 125 Å². The molecule has 1 aliphatic rings. The summed E-state index contributed by atoms with van der Waals surface area (Å²) in [6.45, 7) is 2.13. The zero-order valence-corrected chi connectivity index (χ0v) is 16.7. The average molecular weight is 412 g/mol. The second-order valence-electron chi connectivity index (χ2n) is 7.49. The second-order valence-corrected chi connectivity index (χ2v) is 7.49. The molecule has 1 unspecified atom stereocenters. The van der Waals surface area contributed by atoms with Gasteiger partial charge < -0.3 is 25.6 Å². The van der Waals surface area contributed by atoms with Crippen LogP contribution in [0.3, 0.4) is 0 Å². The number of carbonyl (C=O) groups excluding carboxylic acids is 2. The van der Waals surface area contributed by atoms with E-state index in [4.69, 9.17) is 9.84 Å². The van der Waals surface area contributed by atoms with Crippen LogP contribution in [0, 0.1) is 0 Å². The van der Waals surface area contributed by atoms with Crippen LogP contribution in [0.25, 0.3) is 11.1 Å². The second kappa shape index (κ2) is 8.54. The Bertz CT molecular complexity index is 926. The molecular weight excluding hydrogens is 388 g/mol. The lowest BCUT2D eigenvalue weighted by atomic mass is 9.98. The lowest BCUT2D eigenvalue weighted by Crippen LogP contribution is -2.51. The third-order valence-electron chi connectivity index (χ3n) is 5.14. The molecule has 0 heterocycles. The number of aliphatic carboxylic acids is 1. The Hall–Kier alpha value is -3.39. The summed E-state index contributed by atoms with van der Waals surface area (Å²) in [7, 11) is 0. The van der Waals surface area contributed by atoms with E-state index in [0.29, 0.717) is 0 Å². The molecule has 0 saturated carbocycles. The molecule has 0 fully saturated rings. The van der Waals surface area contributed by atoms with Crippen LogP contribution in [0.5, 0.6) is 0 Å². The van der Waals surface area contributed by atoms with Gasteiger partial charge in [0.15, 0.2) is 5.60 Å². The van der Waals surface area contributed by atoms with Crippen molar-refractivity contribution < 1.29 is 29.3 Å². The highest BCUT2D eigenvalue weighted by molar-refractivity contribution is 5.86. The predicted octanol–water partition coefficient (Wildman–Crippen LogP) is 1.87. The first-order valence-electron chi connectivity index (χ1n) is 9.55. The Morgan fingerprint density at radius 3 is 2.13 bits per heavy atom. The number of carbonyl (C=O) groups is 3. The molecule has 0 aromatic heterocycles. The number of aliphatic hydroxyl groups is 1. The van der Waals surface area contributed by atoms with Gasteiger partial charge in [-0.25, -0.2) is 9.59 Å². The van der Waals surface area contributed by atoms with Crippen molar-refractivity contribution >= 4 is 18.0 Å². The van der Waals surface area contributed by atoms with E-state index < -0.39 is 36.2 Å². The molecule has 3 rings (SSSR count). The van der Waals surface area contributed by atoms with Crippen molar-refractivity contribution in [1.29, 1.82) is 0 Å². The van der Waals surface area contributed by atoms with Gasteiger partial charge in [-0.2, -0.15) is 0 Å². The molecule has 158 valence electrons. The normalized spacial score (nSPS) is 15.3. The number of carboxylic acid groups (broad SMARTS) is 1. The van der Waals surface area contributed by atoms with Crippen molar-refractivity contribution in [3.63, 3.8) is 0 Å². The van der Waals surface area contributed by atoms with E-state index >= 15 is 0 Å². The highest BCUT2D eigenvalue weighted by atomic mass is 16.5. The van der Waals surface area contributed by atoms with Gasteiger partial charge in [-0.3, -0.25) is 4.79 Å². The number of ether oxygens (including phenoxy) is 1. The molecule has 0 spiro atoms. The summed E-state index contributed by atoms with van der Waals surface area (Å²) in [5.74, 6) is -2.19. The molecule has 0 saturated heterocycles. The van der Waals surface area contributed by atoms with Crippen molar-refractivity contribution in [1.82, 2.24) is 10.6 Å². The van der Waals surface area contributed by atoms with Crippen molar-refractivity contribution in [2.24, 2.45) is 0 Å². The van der Waals surface area contributed by atoms with Crippen molar-refractivity contribution in [2.75, 3.05) is 13.2 Å². The lowest BCUT2D eigenvalue weighted by molar-refractivity contribution is -0.156. The quantitative estimate of drug-likeness (QED) is 0.550. The molecule has 0 bridgehead atoms. The number of benzene rings is 2. The molecule has 30 heavy (non-hydrogen) atoms. The monoisotopic (exact) mass is 412 g/mol. The lowest BCUT2D eigenvalue weighted by Gasteiger charge is -2.20. The highest BCUT2D eigenvalue weighted by Crippen LogP contribution is 2.44. The van der Waals surface area contributed by atoms with Crippen LogP contribution < -0.4 is 10.6 Å². The van der Waals surface area contributed by atoms with Gasteiger partial charge in [0.1, 0.15) is 12.6 Å². The van der Waals surface area contributed by atoms with Gasteiger partial charge in [0.25, 0.3) is 0 Å². The Morgan fingerprint density at radius 1 is 1.07 bits per heavy atom. The van der Waals surface area contributed by atoms with Gasteiger partial charge in [-0.05, 0) is 36.1 Å². The fraction of sp³-hybridized carbons (Fsp3) is 0.318. The molecule has 0 radical (unpaired) electrons. The van der Waals surface area contributed by atoms with Crippen LogP contribution in [-0.2, 0) is 14.3 Å². The third kappa shape index (κ3) is 4.44. The Labute approximate surface area is 173 Å². The number of rotatable bonds is 7. The maximum atomic E-state index is 12.2. The van der Waals surface area contributed by atoms with Gasteiger partial charge in [0, 0.05) is 5.92 Å². The molecule has 2 aromatic rings. The molecular formula is C22H24N2O6. The number of alkyl carbamates (subject to hydrolysis) is 1. The van der Waals surface area contributed by atoms with Crippen LogP contribution in [0.15, 0.2) is 48.5 Å². The van der Waals surface area contributed by atoms with E-state index in [1.165, 1.54) is 6.92 Å². The summed E-state index contributed by atoms with van der Waals surface area (Å²) in [5.41, 5.74) is 2.28. The molecule has 1 aliphatic carbocycles. The summed E-state index contributed by atoms with van der Waals surface area (Å²) >= 11 is 0. The maximum Gasteiger partial charge on any atom is 0.407 e. The van der Waals surface area contributed by atoms with Gasteiger partial charge >= 0.3 is 12.1 Å². The maximum absolute atomic E-state index is 12.2. The number of carboxylic acids is 1. The minimum atomic E-state index is -2.10. The van der Waals surface area contributed by atoms with Crippen molar-refractivity contribution in [2.45, 2.75) is 31.4 Å².